The van der Waals surface area contributed by atoms with E-state index in [1.54, 1.807) is 37.1 Å². The third-order valence-electron chi connectivity index (χ3n) is 8.30. The van der Waals surface area contributed by atoms with Crippen molar-refractivity contribution in [2.45, 2.75) is 38.5 Å². The van der Waals surface area contributed by atoms with Crippen molar-refractivity contribution in [3.8, 4) is 17.2 Å². The van der Waals surface area contributed by atoms with Crippen LogP contribution in [-0.4, -0.2) is 59.3 Å². The first-order valence-electron chi connectivity index (χ1n) is 14.2. The number of benzene rings is 2. The number of aromatic nitrogens is 2. The minimum Gasteiger partial charge on any atom is -0.497 e. The van der Waals surface area contributed by atoms with E-state index in [9.17, 15) is 23.7 Å². The van der Waals surface area contributed by atoms with Gasteiger partial charge in [0.2, 0.25) is 5.82 Å². The fourth-order valence-corrected chi connectivity index (χ4v) is 6.10. The molecule has 1 atom stereocenters. The Morgan fingerprint density at radius 1 is 1.11 bits per heavy atom. The van der Waals surface area contributed by atoms with Gasteiger partial charge in [0.25, 0.3) is 0 Å². The Hall–Kier alpha value is -4.78. The summed E-state index contributed by atoms with van der Waals surface area (Å²) in [5, 5.41) is 11.2. The van der Waals surface area contributed by atoms with Crippen LogP contribution >= 0.6 is 0 Å². The van der Waals surface area contributed by atoms with E-state index in [0.29, 0.717) is 36.7 Å². The summed E-state index contributed by atoms with van der Waals surface area (Å²) in [6.07, 6.45) is 4.89. The van der Waals surface area contributed by atoms with Crippen molar-refractivity contribution < 1.29 is 27.9 Å². The summed E-state index contributed by atoms with van der Waals surface area (Å²) in [4.78, 5) is 32.7. The van der Waals surface area contributed by atoms with Crippen LogP contribution < -0.4 is 24.5 Å². The van der Waals surface area contributed by atoms with Crippen molar-refractivity contribution >= 4 is 22.4 Å². The molecule has 1 saturated heterocycles. The number of nitro groups is 1. The quantitative estimate of drug-likeness (QED) is 0.198. The smallest absolute Gasteiger partial charge is 0.363 e. The second-order valence-corrected chi connectivity index (χ2v) is 10.9. The molecule has 0 saturated carbocycles. The molecule has 2 aliphatic rings. The van der Waals surface area contributed by atoms with Crippen molar-refractivity contribution in [3.63, 3.8) is 0 Å². The fraction of sp³-hybridized carbons (Fsp3) is 0.355. The molecule has 2 aromatic carbocycles. The maximum atomic E-state index is 14.6. The lowest BCUT2D eigenvalue weighted by molar-refractivity contribution is -0.389. The Kier molecular flexibility index (Phi) is 8.04. The van der Waals surface area contributed by atoms with Gasteiger partial charge in [-0.05, 0) is 40.9 Å². The molecule has 11 nitrogen and oxygen atoms in total. The summed E-state index contributed by atoms with van der Waals surface area (Å²) in [5.74, 6) is -1.42. The Labute approximate surface area is 251 Å². The predicted molar refractivity (Wildman–Crippen MR) is 159 cm³/mol. The monoisotopic (exact) mass is 607 g/mol. The van der Waals surface area contributed by atoms with Crippen LogP contribution in [0, 0.1) is 21.7 Å². The maximum absolute atomic E-state index is 14.6. The molecule has 0 radical (unpaired) electrons. The van der Waals surface area contributed by atoms with Crippen molar-refractivity contribution in [3.05, 3.63) is 91.9 Å². The van der Waals surface area contributed by atoms with E-state index in [1.165, 1.54) is 12.3 Å². The highest BCUT2D eigenvalue weighted by Crippen LogP contribution is 2.34. The molecule has 0 unspecified atom stereocenters. The molecule has 2 aliphatic heterocycles. The Bertz CT molecular complexity index is 1780. The molecular formula is C31H31F2N5O6. The minimum absolute atomic E-state index is 0.0361. The predicted octanol–water partition coefficient (Wildman–Crippen LogP) is 4.66. The zero-order chi connectivity index (χ0) is 31.0. The van der Waals surface area contributed by atoms with E-state index in [4.69, 9.17) is 14.2 Å². The zero-order valence-corrected chi connectivity index (χ0v) is 24.3. The van der Waals surface area contributed by atoms with E-state index >= 15 is 0 Å². The van der Waals surface area contributed by atoms with E-state index in [-0.39, 0.29) is 47.1 Å². The second kappa shape index (κ2) is 12.1. The number of hydrogen-bond acceptors (Lipinski definition) is 9. The van der Waals surface area contributed by atoms with E-state index in [0.717, 1.165) is 36.7 Å². The summed E-state index contributed by atoms with van der Waals surface area (Å²) in [6, 6.07) is 9.57. The molecule has 44 heavy (non-hydrogen) atoms. The number of pyridine rings is 2. The molecule has 1 fully saturated rings. The van der Waals surface area contributed by atoms with Crippen LogP contribution in [0.5, 0.6) is 17.2 Å². The lowest BCUT2D eigenvalue weighted by Gasteiger charge is -2.40. The van der Waals surface area contributed by atoms with Crippen LogP contribution in [0.3, 0.4) is 0 Å². The highest BCUT2D eigenvalue weighted by molar-refractivity contribution is 5.86. The molecule has 0 aliphatic carbocycles. The number of rotatable bonds is 9. The molecule has 13 heteroatoms. The number of ether oxygens (including phenoxy) is 3. The average molecular weight is 608 g/mol. The first-order chi connectivity index (χ1) is 21.3. The van der Waals surface area contributed by atoms with Crippen molar-refractivity contribution in [1.29, 1.82) is 0 Å². The molecule has 6 rings (SSSR count). The average Bonchev–Trinajstić information content (AvgIpc) is 3.05. The molecule has 230 valence electrons. The highest BCUT2D eigenvalue weighted by Gasteiger charge is 2.30. The number of hydrogen-bond donors (Lipinski definition) is 0. The van der Waals surface area contributed by atoms with Gasteiger partial charge in [-0.2, -0.15) is 4.39 Å². The molecule has 4 heterocycles. The van der Waals surface area contributed by atoms with Gasteiger partial charge in [-0.3, -0.25) is 9.69 Å². The van der Waals surface area contributed by atoms with Crippen LogP contribution in [0.4, 0.5) is 20.3 Å². The summed E-state index contributed by atoms with van der Waals surface area (Å²) < 4.78 is 47.3. The Morgan fingerprint density at radius 2 is 1.93 bits per heavy atom. The summed E-state index contributed by atoms with van der Waals surface area (Å²) in [6.45, 7) is 2.52. The Morgan fingerprint density at radius 3 is 2.66 bits per heavy atom. The molecular weight excluding hydrogens is 576 g/mol. The lowest BCUT2D eigenvalue weighted by Crippen LogP contribution is -2.48. The highest BCUT2D eigenvalue weighted by atomic mass is 19.2. The topological polar surface area (TPSA) is 112 Å². The van der Waals surface area contributed by atoms with E-state index in [2.05, 4.69) is 14.8 Å². The number of piperidine rings is 1. The van der Waals surface area contributed by atoms with Gasteiger partial charge < -0.3 is 33.8 Å². The van der Waals surface area contributed by atoms with Gasteiger partial charge in [0.05, 0.1) is 37.4 Å². The van der Waals surface area contributed by atoms with Crippen LogP contribution in [-0.2, 0) is 19.6 Å². The fourth-order valence-electron chi connectivity index (χ4n) is 6.10. The first kappa shape index (κ1) is 29.3. The van der Waals surface area contributed by atoms with Gasteiger partial charge in [-0.1, -0.05) is 6.07 Å². The molecule has 0 amide bonds. The molecule has 0 bridgehead atoms. The van der Waals surface area contributed by atoms with Gasteiger partial charge in [0, 0.05) is 61.7 Å². The third-order valence-corrected chi connectivity index (χ3v) is 8.30. The van der Waals surface area contributed by atoms with Gasteiger partial charge >= 0.3 is 5.82 Å². The first-order valence-corrected chi connectivity index (χ1v) is 14.2. The van der Waals surface area contributed by atoms with Crippen molar-refractivity contribution in [2.24, 2.45) is 0 Å². The number of anilines is 1. The molecule has 4 aromatic rings. The summed E-state index contributed by atoms with van der Waals surface area (Å²) >= 11 is 0. The molecule has 2 aromatic heterocycles. The van der Waals surface area contributed by atoms with Gasteiger partial charge in [-0.15, -0.1) is 0 Å². The SMILES string of the molecule is COc1ccc(CN(Cc2cn3c4c(c(F)c(F)cc4c2=O)OCC3)[C@H]2CCCN(c3ccc([N+](=O)[O-])nc3)C2)c(OC)c1. The van der Waals surface area contributed by atoms with Gasteiger partial charge in [0.1, 0.15) is 18.1 Å². The number of methoxy groups -OCH3 is 2. The molecule has 0 spiro atoms. The van der Waals surface area contributed by atoms with Crippen molar-refractivity contribution in [2.75, 3.05) is 38.8 Å². The second-order valence-electron chi connectivity index (χ2n) is 10.9. The summed E-state index contributed by atoms with van der Waals surface area (Å²) in [7, 11) is 3.16. The standard InChI is InChI=1S/C31H31F2N5O6/c1-42-23-7-5-19(26(12-23)43-2)15-37(22-4-3-9-35(18-22)21-6-8-27(34-14-21)38(40)41)17-20-16-36-10-11-44-31-28(33)25(32)13-24(29(31)36)30(20)39/h5-8,12-14,16,22H,3-4,9-11,15,17-18H2,1-2H3/t22-/m0/s1. The van der Waals surface area contributed by atoms with Crippen LogP contribution in [0.1, 0.15) is 24.0 Å². The largest absolute Gasteiger partial charge is 0.497 e. The minimum atomic E-state index is -1.13. The van der Waals surface area contributed by atoms with Gasteiger partial charge in [0.15, 0.2) is 23.2 Å². The summed E-state index contributed by atoms with van der Waals surface area (Å²) in [5.41, 5.74) is 1.96. The Balaban J connectivity index is 1.38. The van der Waals surface area contributed by atoms with E-state index in [1.807, 2.05) is 12.1 Å². The van der Waals surface area contributed by atoms with E-state index < -0.39 is 16.6 Å². The molecule has 0 N–H and O–H groups in total. The van der Waals surface area contributed by atoms with Gasteiger partial charge in [-0.25, -0.2) is 4.39 Å². The number of nitrogens with zero attached hydrogens (tertiary/aromatic N) is 5. The normalized spacial score (nSPS) is 16.2. The van der Waals surface area contributed by atoms with Crippen molar-refractivity contribution in [1.82, 2.24) is 14.5 Å². The van der Waals surface area contributed by atoms with Crippen LogP contribution in [0.25, 0.3) is 10.9 Å². The van der Waals surface area contributed by atoms with Crippen LogP contribution in [0.2, 0.25) is 0 Å². The van der Waals surface area contributed by atoms with Crippen LogP contribution in [0.15, 0.2) is 53.6 Å². The number of halogens is 2. The lowest BCUT2D eigenvalue weighted by atomic mass is 10.0. The zero-order valence-electron chi connectivity index (χ0n) is 24.3. The maximum Gasteiger partial charge on any atom is 0.363 e. The third kappa shape index (κ3) is 5.50.